The third kappa shape index (κ3) is 4.75. The van der Waals surface area contributed by atoms with Crippen LogP contribution in [0.5, 0.6) is 0 Å². The molecule has 30 heavy (non-hydrogen) atoms. The minimum atomic E-state index is -3.54. The highest BCUT2D eigenvalue weighted by Gasteiger charge is 2.29. The fraction of sp³-hybridized carbons (Fsp3) is 0.238. The van der Waals surface area contributed by atoms with E-state index in [0.717, 1.165) is 16.7 Å². The summed E-state index contributed by atoms with van der Waals surface area (Å²) in [5.74, 6) is -0.0209. The maximum Gasteiger partial charge on any atom is 0.252 e. The molecule has 0 radical (unpaired) electrons. The minimum Gasteiger partial charge on any atom is -0.284 e. The number of thiophene rings is 1. The molecule has 0 fully saturated rings. The third-order valence-electron chi connectivity index (χ3n) is 5.05. The van der Waals surface area contributed by atoms with Crippen molar-refractivity contribution in [2.45, 2.75) is 23.6 Å². The quantitative estimate of drug-likeness (QED) is 0.583. The summed E-state index contributed by atoms with van der Waals surface area (Å²) in [7, 11) is -7.05. The second kappa shape index (κ2) is 8.50. The van der Waals surface area contributed by atoms with Gasteiger partial charge in [-0.1, -0.05) is 42.5 Å². The van der Waals surface area contributed by atoms with E-state index in [1.807, 2.05) is 36.4 Å². The van der Waals surface area contributed by atoms with E-state index in [1.165, 1.54) is 15.6 Å². The average molecular weight is 463 g/mol. The standard InChI is InChI=1S/C21H22N2O4S3/c24-29(25,14-11-17-5-2-1-3-6-17)22-20-9-8-18-10-12-23(16-19(18)15-20)30(26,27)21-7-4-13-28-21/h1-9,13,15,22H,10-12,14,16H2. The number of nitrogens with zero attached hydrogens (tertiary/aromatic N) is 1. The summed E-state index contributed by atoms with van der Waals surface area (Å²) in [5.41, 5.74) is 3.28. The number of rotatable bonds is 7. The van der Waals surface area contributed by atoms with Gasteiger partial charge in [-0.05, 0) is 53.1 Å². The topological polar surface area (TPSA) is 83.6 Å². The molecule has 3 aromatic rings. The van der Waals surface area contributed by atoms with Crippen LogP contribution in [0.3, 0.4) is 0 Å². The zero-order valence-electron chi connectivity index (χ0n) is 16.2. The van der Waals surface area contributed by atoms with Gasteiger partial charge in [0.25, 0.3) is 10.0 Å². The van der Waals surface area contributed by atoms with Crippen LogP contribution in [0.1, 0.15) is 16.7 Å². The Kier molecular flexibility index (Phi) is 5.97. The van der Waals surface area contributed by atoms with E-state index in [4.69, 9.17) is 0 Å². The lowest BCUT2D eigenvalue weighted by Gasteiger charge is -2.28. The molecular formula is C21H22N2O4S3. The summed E-state index contributed by atoms with van der Waals surface area (Å²) < 4.78 is 55.0. The number of benzene rings is 2. The first-order valence-corrected chi connectivity index (χ1v) is 13.5. The number of aryl methyl sites for hydroxylation is 1. The van der Waals surface area contributed by atoms with Gasteiger partial charge in [-0.25, -0.2) is 16.8 Å². The first kappa shape index (κ1) is 21.0. The largest absolute Gasteiger partial charge is 0.284 e. The van der Waals surface area contributed by atoms with Crippen LogP contribution in [0.15, 0.2) is 70.3 Å². The van der Waals surface area contributed by atoms with Gasteiger partial charge in [0.15, 0.2) is 0 Å². The Morgan fingerprint density at radius 3 is 2.47 bits per heavy atom. The van der Waals surface area contributed by atoms with Gasteiger partial charge in [-0.15, -0.1) is 11.3 Å². The van der Waals surface area contributed by atoms with Crippen LogP contribution in [-0.4, -0.2) is 33.4 Å². The smallest absolute Gasteiger partial charge is 0.252 e. The number of hydrogen-bond donors (Lipinski definition) is 1. The second-order valence-corrected chi connectivity index (χ2v) is 12.1. The van der Waals surface area contributed by atoms with Crippen LogP contribution in [-0.2, 0) is 39.4 Å². The molecule has 6 nitrogen and oxygen atoms in total. The van der Waals surface area contributed by atoms with Gasteiger partial charge in [0.2, 0.25) is 10.0 Å². The predicted octanol–water partition coefficient (Wildman–Crippen LogP) is 3.48. The molecular weight excluding hydrogens is 440 g/mol. The lowest BCUT2D eigenvalue weighted by Crippen LogP contribution is -2.35. The zero-order chi connectivity index (χ0) is 21.2. The Morgan fingerprint density at radius 2 is 1.73 bits per heavy atom. The van der Waals surface area contributed by atoms with E-state index in [2.05, 4.69) is 4.72 Å². The molecule has 2 heterocycles. The summed E-state index contributed by atoms with van der Waals surface area (Å²) in [6.45, 7) is 0.643. The van der Waals surface area contributed by atoms with Crippen molar-refractivity contribution in [1.82, 2.24) is 4.31 Å². The number of fused-ring (bicyclic) bond motifs is 1. The second-order valence-electron chi connectivity index (χ2n) is 7.16. The van der Waals surface area contributed by atoms with Crippen molar-refractivity contribution in [2.75, 3.05) is 17.0 Å². The van der Waals surface area contributed by atoms with Gasteiger partial charge in [0.05, 0.1) is 5.75 Å². The summed E-state index contributed by atoms with van der Waals surface area (Å²) >= 11 is 1.20. The molecule has 2 aromatic carbocycles. The van der Waals surface area contributed by atoms with Crippen LogP contribution in [0.4, 0.5) is 5.69 Å². The Hall–Kier alpha value is -2.20. The fourth-order valence-corrected chi connectivity index (χ4v) is 7.12. The summed E-state index contributed by atoms with van der Waals surface area (Å²) in [5, 5.41) is 1.74. The van der Waals surface area contributed by atoms with Crippen molar-refractivity contribution < 1.29 is 16.8 Å². The van der Waals surface area contributed by atoms with Gasteiger partial charge in [0.1, 0.15) is 4.21 Å². The van der Waals surface area contributed by atoms with E-state index in [-0.39, 0.29) is 12.3 Å². The van der Waals surface area contributed by atoms with E-state index in [0.29, 0.717) is 29.3 Å². The fourth-order valence-electron chi connectivity index (χ4n) is 3.46. The number of nitrogens with one attached hydrogen (secondary N) is 1. The van der Waals surface area contributed by atoms with Crippen LogP contribution >= 0.6 is 11.3 Å². The highest BCUT2D eigenvalue weighted by Crippen LogP contribution is 2.29. The molecule has 1 N–H and O–H groups in total. The summed E-state index contributed by atoms with van der Waals surface area (Å²) in [6, 6.07) is 18.1. The summed E-state index contributed by atoms with van der Waals surface area (Å²) in [4.78, 5) is 0. The molecule has 1 aliphatic rings. The predicted molar refractivity (Wildman–Crippen MR) is 120 cm³/mol. The van der Waals surface area contributed by atoms with Crippen LogP contribution in [0.25, 0.3) is 0 Å². The lowest BCUT2D eigenvalue weighted by atomic mass is 10.0. The molecule has 0 aliphatic carbocycles. The molecule has 0 amide bonds. The SMILES string of the molecule is O=S(=O)(CCc1ccccc1)Nc1ccc2c(c1)CN(S(=O)(=O)c1cccs1)CC2. The van der Waals surface area contributed by atoms with Crippen molar-refractivity contribution in [3.63, 3.8) is 0 Å². The van der Waals surface area contributed by atoms with Crippen molar-refractivity contribution >= 4 is 37.1 Å². The van der Waals surface area contributed by atoms with Crippen molar-refractivity contribution in [1.29, 1.82) is 0 Å². The maximum atomic E-state index is 12.8. The van der Waals surface area contributed by atoms with Crippen molar-refractivity contribution in [3.05, 3.63) is 82.7 Å². The monoisotopic (exact) mass is 462 g/mol. The molecule has 9 heteroatoms. The zero-order valence-corrected chi connectivity index (χ0v) is 18.6. The van der Waals surface area contributed by atoms with Crippen LogP contribution in [0, 0.1) is 0 Å². The van der Waals surface area contributed by atoms with E-state index in [1.54, 1.807) is 29.6 Å². The molecule has 0 saturated carbocycles. The van der Waals surface area contributed by atoms with Gasteiger partial charge < -0.3 is 0 Å². The van der Waals surface area contributed by atoms with Gasteiger partial charge >= 0.3 is 0 Å². The highest BCUT2D eigenvalue weighted by molar-refractivity contribution is 7.92. The normalized spacial score (nSPS) is 14.9. The molecule has 1 aromatic heterocycles. The van der Waals surface area contributed by atoms with E-state index in [9.17, 15) is 16.8 Å². The Bertz CT molecular complexity index is 1220. The Balaban J connectivity index is 1.47. The molecule has 0 spiro atoms. The molecule has 158 valence electrons. The van der Waals surface area contributed by atoms with Gasteiger partial charge in [-0.2, -0.15) is 4.31 Å². The highest BCUT2D eigenvalue weighted by atomic mass is 32.2. The van der Waals surface area contributed by atoms with Crippen molar-refractivity contribution in [2.24, 2.45) is 0 Å². The Labute approximate surface area is 181 Å². The first-order chi connectivity index (χ1) is 14.3. The van der Waals surface area contributed by atoms with E-state index >= 15 is 0 Å². The van der Waals surface area contributed by atoms with Gasteiger partial charge in [-0.3, -0.25) is 4.72 Å². The molecule has 0 bridgehead atoms. The van der Waals surface area contributed by atoms with Crippen LogP contribution in [0.2, 0.25) is 0 Å². The molecule has 0 atom stereocenters. The molecule has 0 saturated heterocycles. The maximum absolute atomic E-state index is 12.8. The molecule has 0 unspecified atom stereocenters. The summed E-state index contributed by atoms with van der Waals surface area (Å²) in [6.07, 6.45) is 1.02. The number of anilines is 1. The first-order valence-electron chi connectivity index (χ1n) is 9.53. The molecule has 1 aliphatic heterocycles. The number of hydrogen-bond acceptors (Lipinski definition) is 5. The van der Waals surface area contributed by atoms with E-state index < -0.39 is 20.0 Å². The van der Waals surface area contributed by atoms with Crippen LogP contribution < -0.4 is 4.72 Å². The third-order valence-corrected chi connectivity index (χ3v) is 9.55. The lowest BCUT2D eigenvalue weighted by molar-refractivity contribution is 0.392. The van der Waals surface area contributed by atoms with Crippen molar-refractivity contribution in [3.8, 4) is 0 Å². The molecule has 4 rings (SSSR count). The Morgan fingerprint density at radius 1 is 0.933 bits per heavy atom. The average Bonchev–Trinajstić information content (AvgIpc) is 3.28. The number of sulfonamides is 2. The van der Waals surface area contributed by atoms with Gasteiger partial charge in [0, 0.05) is 18.8 Å². The minimum absolute atomic E-state index is 0.0209.